The van der Waals surface area contributed by atoms with Gasteiger partial charge in [0.05, 0.1) is 25.3 Å². The molecule has 0 amide bonds. The minimum Gasteiger partial charge on any atom is -0.465 e. The Kier molecular flexibility index (Phi) is 4.57. The Morgan fingerprint density at radius 1 is 0.750 bits per heavy atom. The second-order valence-electron chi connectivity index (χ2n) is 6.52. The van der Waals surface area contributed by atoms with E-state index >= 15 is 0 Å². The Balaban J connectivity index is 1.98. The number of benzene rings is 3. The third-order valence-corrected chi connectivity index (χ3v) is 4.89. The van der Waals surface area contributed by atoms with Gasteiger partial charge in [-0.2, -0.15) is 0 Å². The number of fused-ring (bicyclic) bond motifs is 3. The first-order chi connectivity index (χ1) is 13.6. The Labute approximate surface area is 162 Å². The van der Waals surface area contributed by atoms with Gasteiger partial charge in [-0.3, -0.25) is 0 Å². The number of ether oxygens (including phenoxy) is 2. The van der Waals surface area contributed by atoms with Crippen molar-refractivity contribution < 1.29 is 19.1 Å². The minimum atomic E-state index is -0.394. The Morgan fingerprint density at radius 3 is 1.71 bits per heavy atom. The maximum Gasteiger partial charge on any atom is 0.337 e. The third-order valence-electron chi connectivity index (χ3n) is 4.89. The highest BCUT2D eigenvalue weighted by atomic mass is 16.5. The fourth-order valence-corrected chi connectivity index (χ4v) is 3.53. The summed E-state index contributed by atoms with van der Waals surface area (Å²) in [4.78, 5) is 24.0. The van der Waals surface area contributed by atoms with E-state index < -0.39 is 11.9 Å². The molecule has 4 rings (SSSR count). The molecule has 0 aliphatic heterocycles. The second-order valence-corrected chi connectivity index (χ2v) is 6.52. The quantitative estimate of drug-likeness (QED) is 0.497. The van der Waals surface area contributed by atoms with Crippen molar-refractivity contribution in [3.05, 3.63) is 83.4 Å². The summed E-state index contributed by atoms with van der Waals surface area (Å²) in [6, 6.07) is 21.1. The van der Waals surface area contributed by atoms with Gasteiger partial charge in [0.25, 0.3) is 0 Å². The molecule has 0 unspecified atom stereocenters. The van der Waals surface area contributed by atoms with Crippen molar-refractivity contribution in [2.45, 2.75) is 6.54 Å². The number of hydrogen-bond acceptors (Lipinski definition) is 4. The molecule has 0 atom stereocenters. The lowest BCUT2D eigenvalue weighted by molar-refractivity contribution is 0.0592. The largest absolute Gasteiger partial charge is 0.465 e. The molecule has 0 N–H and O–H groups in total. The lowest BCUT2D eigenvalue weighted by atomic mass is 10.1. The molecule has 0 saturated carbocycles. The molecule has 0 spiro atoms. The summed E-state index contributed by atoms with van der Waals surface area (Å²) < 4.78 is 11.9. The minimum absolute atomic E-state index is 0.394. The van der Waals surface area contributed by atoms with Crippen LogP contribution in [-0.2, 0) is 16.0 Å². The van der Waals surface area contributed by atoms with Crippen LogP contribution in [0.1, 0.15) is 26.3 Å². The fraction of sp³-hybridized carbons (Fsp3) is 0.130. The molecule has 28 heavy (non-hydrogen) atoms. The normalized spacial score (nSPS) is 10.9. The van der Waals surface area contributed by atoms with Gasteiger partial charge in [0.15, 0.2) is 0 Å². The average molecular weight is 373 g/mol. The van der Waals surface area contributed by atoms with Crippen molar-refractivity contribution in [2.75, 3.05) is 14.2 Å². The zero-order valence-electron chi connectivity index (χ0n) is 15.6. The van der Waals surface area contributed by atoms with E-state index in [4.69, 9.17) is 9.47 Å². The van der Waals surface area contributed by atoms with Crippen LogP contribution in [0.15, 0.2) is 66.7 Å². The summed E-state index contributed by atoms with van der Waals surface area (Å²) in [5.41, 5.74) is 4.06. The zero-order valence-corrected chi connectivity index (χ0v) is 15.6. The van der Waals surface area contributed by atoms with Gasteiger partial charge in [-0.1, -0.05) is 30.3 Å². The smallest absolute Gasteiger partial charge is 0.337 e. The number of carbonyl (C=O) groups is 2. The summed E-state index contributed by atoms with van der Waals surface area (Å²) >= 11 is 0. The first-order valence-electron chi connectivity index (χ1n) is 8.89. The topological polar surface area (TPSA) is 57.5 Å². The van der Waals surface area contributed by atoms with Crippen LogP contribution in [-0.4, -0.2) is 30.7 Å². The highest BCUT2D eigenvalue weighted by Gasteiger charge is 2.16. The standard InChI is InChI=1S/C23H19NO4/c1-27-22(25)16-8-10-20-18(12-16)19-13-17(23(26)28-2)9-11-21(19)24(20)14-15-6-4-3-5-7-15/h3-13H,14H2,1-2H3. The van der Waals surface area contributed by atoms with Crippen molar-refractivity contribution >= 4 is 33.7 Å². The van der Waals surface area contributed by atoms with Gasteiger partial charge in [-0.25, -0.2) is 9.59 Å². The van der Waals surface area contributed by atoms with Crippen LogP contribution >= 0.6 is 0 Å². The van der Waals surface area contributed by atoms with E-state index in [0.717, 1.165) is 27.4 Å². The predicted molar refractivity (Wildman–Crippen MR) is 108 cm³/mol. The lowest BCUT2D eigenvalue weighted by Gasteiger charge is -2.08. The molecule has 1 heterocycles. The Bertz CT molecular complexity index is 1120. The van der Waals surface area contributed by atoms with E-state index in [-0.39, 0.29) is 0 Å². The molecule has 0 aliphatic rings. The fourth-order valence-electron chi connectivity index (χ4n) is 3.53. The molecule has 140 valence electrons. The maximum atomic E-state index is 12.0. The van der Waals surface area contributed by atoms with Crippen molar-refractivity contribution in [1.29, 1.82) is 0 Å². The second kappa shape index (κ2) is 7.19. The van der Waals surface area contributed by atoms with Crippen LogP contribution in [0.2, 0.25) is 0 Å². The number of rotatable bonds is 4. The number of esters is 2. The molecular weight excluding hydrogens is 354 g/mol. The average Bonchev–Trinajstić information content (AvgIpc) is 3.05. The maximum absolute atomic E-state index is 12.0. The van der Waals surface area contributed by atoms with Gasteiger partial charge in [0, 0.05) is 28.4 Å². The summed E-state index contributed by atoms with van der Waals surface area (Å²) in [5.74, 6) is -0.787. The Hall–Kier alpha value is -3.60. The molecule has 5 nitrogen and oxygen atoms in total. The first kappa shape index (κ1) is 17.8. The van der Waals surface area contributed by atoms with Crippen LogP contribution in [0.4, 0.5) is 0 Å². The van der Waals surface area contributed by atoms with Crippen molar-refractivity contribution in [1.82, 2.24) is 4.57 Å². The summed E-state index contributed by atoms with van der Waals surface area (Å²) in [7, 11) is 2.72. The van der Waals surface area contributed by atoms with Gasteiger partial charge in [0.1, 0.15) is 0 Å². The van der Waals surface area contributed by atoms with Gasteiger partial charge < -0.3 is 14.0 Å². The van der Waals surface area contributed by atoms with Crippen molar-refractivity contribution in [3.63, 3.8) is 0 Å². The first-order valence-corrected chi connectivity index (χ1v) is 8.89. The number of hydrogen-bond donors (Lipinski definition) is 0. The number of carbonyl (C=O) groups excluding carboxylic acids is 2. The highest BCUT2D eigenvalue weighted by molar-refractivity contribution is 6.12. The van der Waals surface area contributed by atoms with Gasteiger partial charge in [-0.05, 0) is 42.0 Å². The Morgan fingerprint density at radius 2 is 1.25 bits per heavy atom. The van der Waals surface area contributed by atoms with Gasteiger partial charge >= 0.3 is 11.9 Å². The molecule has 0 aliphatic carbocycles. The lowest BCUT2D eigenvalue weighted by Crippen LogP contribution is -2.02. The number of nitrogens with zero attached hydrogens (tertiary/aromatic N) is 1. The zero-order chi connectivity index (χ0) is 19.7. The summed E-state index contributed by atoms with van der Waals surface area (Å²) in [6.07, 6.45) is 0. The van der Waals surface area contributed by atoms with Gasteiger partial charge in [0.2, 0.25) is 0 Å². The third kappa shape index (κ3) is 3.01. The van der Waals surface area contributed by atoms with E-state index in [1.54, 1.807) is 12.1 Å². The number of aromatic nitrogens is 1. The van der Waals surface area contributed by atoms with Crippen molar-refractivity contribution in [2.24, 2.45) is 0 Å². The molecule has 1 aromatic heterocycles. The summed E-state index contributed by atoms with van der Waals surface area (Å²) in [6.45, 7) is 0.677. The SMILES string of the molecule is COC(=O)c1ccc2c(c1)c1cc(C(=O)OC)ccc1n2Cc1ccccc1. The molecule has 0 radical (unpaired) electrons. The molecule has 0 fully saturated rings. The highest BCUT2D eigenvalue weighted by Crippen LogP contribution is 2.31. The van der Waals surface area contributed by atoms with Crippen LogP contribution in [0.25, 0.3) is 21.8 Å². The van der Waals surface area contributed by atoms with Crippen LogP contribution in [0.3, 0.4) is 0 Å². The molecule has 3 aromatic carbocycles. The van der Waals surface area contributed by atoms with Crippen molar-refractivity contribution in [3.8, 4) is 0 Å². The van der Waals surface area contributed by atoms with E-state index in [1.165, 1.54) is 14.2 Å². The van der Waals surface area contributed by atoms with Gasteiger partial charge in [-0.15, -0.1) is 0 Å². The van der Waals surface area contributed by atoms with E-state index in [9.17, 15) is 9.59 Å². The monoisotopic (exact) mass is 373 g/mol. The van der Waals surface area contributed by atoms with Crippen LogP contribution in [0, 0.1) is 0 Å². The predicted octanol–water partition coefficient (Wildman–Crippen LogP) is 4.42. The molecular formula is C23H19NO4. The van der Waals surface area contributed by atoms with Crippen LogP contribution in [0.5, 0.6) is 0 Å². The summed E-state index contributed by atoms with van der Waals surface area (Å²) in [5, 5.41) is 1.78. The van der Waals surface area contributed by atoms with E-state index in [0.29, 0.717) is 17.7 Å². The molecule has 0 saturated heterocycles. The number of methoxy groups -OCH3 is 2. The van der Waals surface area contributed by atoms with Crippen LogP contribution < -0.4 is 0 Å². The molecule has 4 aromatic rings. The molecule has 0 bridgehead atoms. The molecule has 5 heteroatoms. The van der Waals surface area contributed by atoms with E-state index in [1.807, 2.05) is 42.5 Å². The van der Waals surface area contributed by atoms with E-state index in [2.05, 4.69) is 16.7 Å².